The highest BCUT2D eigenvalue weighted by molar-refractivity contribution is 7.99. The summed E-state index contributed by atoms with van der Waals surface area (Å²) in [7, 11) is 3.48. The van der Waals surface area contributed by atoms with E-state index in [4.69, 9.17) is 9.47 Å². The Labute approximate surface area is 174 Å². The van der Waals surface area contributed by atoms with E-state index >= 15 is 0 Å². The van der Waals surface area contributed by atoms with Gasteiger partial charge in [0.2, 0.25) is 5.91 Å². The average Bonchev–Trinajstić information content (AvgIpc) is 3.08. The maximum Gasteiger partial charge on any atom is 0.234 e. The van der Waals surface area contributed by atoms with Crippen molar-refractivity contribution < 1.29 is 14.3 Å². The molecule has 0 bridgehead atoms. The molecule has 0 fully saturated rings. The predicted octanol–water partition coefficient (Wildman–Crippen LogP) is 3.75. The van der Waals surface area contributed by atoms with Crippen molar-refractivity contribution >= 4 is 23.4 Å². The van der Waals surface area contributed by atoms with Crippen molar-refractivity contribution in [1.82, 2.24) is 14.8 Å². The molecule has 0 unspecified atom stereocenters. The van der Waals surface area contributed by atoms with Gasteiger partial charge in [-0.25, -0.2) is 0 Å². The number of ether oxygens (including phenoxy) is 2. The summed E-state index contributed by atoms with van der Waals surface area (Å²) >= 11 is 1.34. The molecule has 0 atom stereocenters. The van der Waals surface area contributed by atoms with Crippen molar-refractivity contribution in [3.8, 4) is 11.5 Å². The molecule has 1 amide bonds. The summed E-state index contributed by atoms with van der Waals surface area (Å²) in [6.07, 6.45) is 0. The molecule has 7 nitrogen and oxygen atoms in total. The number of carbonyl (C=O) groups excluding carboxylic acids is 1. The van der Waals surface area contributed by atoms with E-state index < -0.39 is 0 Å². The number of aryl methyl sites for hydroxylation is 1. The van der Waals surface area contributed by atoms with Crippen LogP contribution in [0.25, 0.3) is 0 Å². The molecule has 0 aliphatic carbocycles. The van der Waals surface area contributed by atoms with Gasteiger partial charge in [-0.05, 0) is 55.3 Å². The average molecular weight is 413 g/mol. The molecule has 2 aromatic carbocycles. The summed E-state index contributed by atoms with van der Waals surface area (Å²) in [5.41, 5.74) is 3.05. The number of nitrogens with zero attached hydrogens (tertiary/aromatic N) is 3. The first-order chi connectivity index (χ1) is 14.0. The second-order valence-electron chi connectivity index (χ2n) is 6.51. The topological polar surface area (TPSA) is 78.3 Å². The van der Waals surface area contributed by atoms with E-state index in [1.807, 2.05) is 67.9 Å². The van der Waals surface area contributed by atoms with Crippen molar-refractivity contribution in [2.75, 3.05) is 18.2 Å². The van der Waals surface area contributed by atoms with Gasteiger partial charge in [-0.2, -0.15) is 0 Å². The zero-order valence-corrected chi connectivity index (χ0v) is 17.7. The summed E-state index contributed by atoms with van der Waals surface area (Å²) < 4.78 is 12.7. The van der Waals surface area contributed by atoms with Gasteiger partial charge in [0.25, 0.3) is 0 Å². The molecule has 29 heavy (non-hydrogen) atoms. The lowest BCUT2D eigenvalue weighted by Crippen LogP contribution is -2.15. The number of nitrogens with one attached hydrogen (secondary N) is 1. The maximum atomic E-state index is 12.3. The fourth-order valence-corrected chi connectivity index (χ4v) is 3.35. The maximum absolute atomic E-state index is 12.3. The number of hydrogen-bond acceptors (Lipinski definition) is 6. The Balaban J connectivity index is 1.53. The number of anilines is 1. The van der Waals surface area contributed by atoms with Gasteiger partial charge < -0.3 is 19.4 Å². The van der Waals surface area contributed by atoms with E-state index in [1.165, 1.54) is 11.8 Å². The fraction of sp³-hybridized carbons (Fsp3) is 0.286. The molecule has 1 heterocycles. The first kappa shape index (κ1) is 20.7. The van der Waals surface area contributed by atoms with Crippen LogP contribution in [-0.4, -0.2) is 33.5 Å². The van der Waals surface area contributed by atoms with Crippen LogP contribution in [0.5, 0.6) is 11.5 Å². The van der Waals surface area contributed by atoms with Gasteiger partial charge in [-0.3, -0.25) is 4.79 Å². The number of rotatable bonds is 8. The van der Waals surface area contributed by atoms with Gasteiger partial charge in [0.05, 0.1) is 12.9 Å². The molecular formula is C21H24N4O3S. The molecule has 0 aliphatic rings. The summed E-state index contributed by atoms with van der Waals surface area (Å²) in [6.45, 7) is 4.30. The molecule has 8 heteroatoms. The molecule has 1 N–H and O–H groups in total. The largest absolute Gasteiger partial charge is 0.497 e. The van der Waals surface area contributed by atoms with Crippen LogP contribution in [0.2, 0.25) is 0 Å². The Morgan fingerprint density at radius 1 is 1.10 bits per heavy atom. The van der Waals surface area contributed by atoms with E-state index in [2.05, 4.69) is 15.5 Å². The predicted molar refractivity (Wildman–Crippen MR) is 114 cm³/mol. The van der Waals surface area contributed by atoms with Gasteiger partial charge in [0.15, 0.2) is 11.0 Å². The molecule has 3 rings (SSSR count). The van der Waals surface area contributed by atoms with Gasteiger partial charge in [-0.15, -0.1) is 10.2 Å². The number of thioether (sulfide) groups is 1. The molecule has 0 spiro atoms. The van der Waals surface area contributed by atoms with Crippen molar-refractivity contribution in [3.63, 3.8) is 0 Å². The van der Waals surface area contributed by atoms with E-state index in [0.29, 0.717) is 11.0 Å². The van der Waals surface area contributed by atoms with Crippen LogP contribution in [0.15, 0.2) is 47.6 Å². The van der Waals surface area contributed by atoms with Gasteiger partial charge >= 0.3 is 0 Å². The minimum atomic E-state index is -0.0808. The van der Waals surface area contributed by atoms with E-state index in [9.17, 15) is 4.79 Å². The van der Waals surface area contributed by atoms with E-state index in [0.717, 1.165) is 28.3 Å². The minimum Gasteiger partial charge on any atom is -0.497 e. The normalized spacial score (nSPS) is 10.6. The number of carbonyl (C=O) groups is 1. The standard InChI is InChI=1S/C21H24N4O3S/c1-14-6-5-7-18(15(14)2)22-20(26)13-29-21-24-23-19(25(21)3)12-28-17-10-8-16(27-4)9-11-17/h5-11H,12-13H2,1-4H3,(H,22,26). The smallest absolute Gasteiger partial charge is 0.234 e. The highest BCUT2D eigenvalue weighted by atomic mass is 32.2. The highest BCUT2D eigenvalue weighted by Crippen LogP contribution is 2.21. The van der Waals surface area contributed by atoms with Crippen LogP contribution in [0.3, 0.4) is 0 Å². The second-order valence-corrected chi connectivity index (χ2v) is 7.45. The summed E-state index contributed by atoms with van der Waals surface area (Å²) in [4.78, 5) is 12.3. The zero-order chi connectivity index (χ0) is 20.8. The summed E-state index contributed by atoms with van der Waals surface area (Å²) in [5.74, 6) is 2.34. The molecule has 152 valence electrons. The van der Waals surface area contributed by atoms with E-state index in [1.54, 1.807) is 7.11 Å². The van der Waals surface area contributed by atoms with Crippen molar-refractivity contribution in [2.24, 2.45) is 7.05 Å². The molecule has 3 aromatic rings. The Hall–Kier alpha value is -3.00. The molecule has 0 saturated carbocycles. The van der Waals surface area contributed by atoms with Crippen LogP contribution >= 0.6 is 11.8 Å². The van der Waals surface area contributed by atoms with Crippen LogP contribution in [-0.2, 0) is 18.4 Å². The lowest BCUT2D eigenvalue weighted by molar-refractivity contribution is -0.113. The zero-order valence-electron chi connectivity index (χ0n) is 16.9. The Kier molecular flexibility index (Phi) is 6.77. The SMILES string of the molecule is COc1ccc(OCc2nnc(SCC(=O)Nc3cccc(C)c3C)n2C)cc1. The van der Waals surface area contributed by atoms with Gasteiger partial charge in [-0.1, -0.05) is 23.9 Å². The lowest BCUT2D eigenvalue weighted by Gasteiger charge is -2.10. The molecule has 0 aliphatic heterocycles. The third kappa shape index (κ3) is 5.29. The Morgan fingerprint density at radius 3 is 2.55 bits per heavy atom. The van der Waals surface area contributed by atoms with Gasteiger partial charge in [0, 0.05) is 12.7 Å². The highest BCUT2D eigenvalue weighted by Gasteiger charge is 2.13. The molecular weight excluding hydrogens is 388 g/mol. The number of aromatic nitrogens is 3. The number of benzene rings is 2. The third-order valence-corrected chi connectivity index (χ3v) is 5.58. The van der Waals surface area contributed by atoms with Gasteiger partial charge in [0.1, 0.15) is 18.1 Å². The number of hydrogen-bond donors (Lipinski definition) is 1. The fourth-order valence-electron chi connectivity index (χ4n) is 2.62. The van der Waals surface area contributed by atoms with E-state index in [-0.39, 0.29) is 18.3 Å². The van der Waals surface area contributed by atoms with Crippen LogP contribution in [0, 0.1) is 13.8 Å². The third-order valence-electron chi connectivity index (χ3n) is 4.56. The lowest BCUT2D eigenvalue weighted by atomic mass is 10.1. The Morgan fingerprint density at radius 2 is 1.83 bits per heavy atom. The molecule has 0 saturated heterocycles. The second kappa shape index (κ2) is 9.47. The van der Waals surface area contributed by atoms with Crippen LogP contribution in [0.4, 0.5) is 5.69 Å². The monoisotopic (exact) mass is 412 g/mol. The van der Waals surface area contributed by atoms with Crippen molar-refractivity contribution in [2.45, 2.75) is 25.6 Å². The summed E-state index contributed by atoms with van der Waals surface area (Å²) in [6, 6.07) is 13.2. The summed E-state index contributed by atoms with van der Waals surface area (Å²) in [5, 5.41) is 11.9. The Bertz CT molecular complexity index is 986. The van der Waals surface area contributed by atoms with Crippen LogP contribution in [0.1, 0.15) is 17.0 Å². The number of methoxy groups -OCH3 is 1. The molecule has 1 aromatic heterocycles. The first-order valence-electron chi connectivity index (χ1n) is 9.12. The van der Waals surface area contributed by atoms with Crippen molar-refractivity contribution in [3.05, 3.63) is 59.4 Å². The number of amides is 1. The minimum absolute atomic E-state index is 0.0808. The van der Waals surface area contributed by atoms with Crippen LogP contribution < -0.4 is 14.8 Å². The first-order valence-corrected chi connectivity index (χ1v) is 10.1. The quantitative estimate of drug-likeness (QED) is 0.568. The van der Waals surface area contributed by atoms with Crippen molar-refractivity contribution in [1.29, 1.82) is 0 Å². The molecule has 0 radical (unpaired) electrons.